The van der Waals surface area contributed by atoms with Crippen molar-refractivity contribution in [2.45, 2.75) is 38.7 Å². The number of fused-ring (bicyclic) bond motifs is 1. The molecule has 1 N–H and O–H groups in total. The highest BCUT2D eigenvalue weighted by Crippen LogP contribution is 2.41. The number of amides is 1. The molecular weight excluding hydrogens is 434 g/mol. The smallest absolute Gasteiger partial charge is 0.246 e. The molecule has 1 amide bonds. The molecule has 1 aliphatic rings. The number of hydrogen-bond acceptors (Lipinski definition) is 6. The van der Waals surface area contributed by atoms with Crippen LogP contribution in [-0.2, 0) is 16.0 Å². The van der Waals surface area contributed by atoms with E-state index in [0.717, 1.165) is 28.3 Å². The van der Waals surface area contributed by atoms with Crippen molar-refractivity contribution in [1.29, 1.82) is 5.26 Å². The zero-order valence-electron chi connectivity index (χ0n) is 19.1. The Kier molecular flexibility index (Phi) is 7.07. The van der Waals surface area contributed by atoms with E-state index in [2.05, 4.69) is 34.6 Å². The molecule has 0 spiro atoms. The number of carbonyl (C=O) groups is 1. The second-order valence-electron chi connectivity index (χ2n) is 8.37. The maximum absolute atomic E-state index is 11.8. The Hall–Kier alpha value is -3.21. The summed E-state index contributed by atoms with van der Waals surface area (Å²) in [5, 5.41) is 13.4. The predicted molar refractivity (Wildman–Crippen MR) is 129 cm³/mol. The van der Waals surface area contributed by atoms with Gasteiger partial charge in [0.25, 0.3) is 0 Å². The minimum absolute atomic E-state index is 0.00622. The molecule has 1 heterocycles. The third-order valence-electron chi connectivity index (χ3n) is 5.70. The van der Waals surface area contributed by atoms with E-state index in [1.165, 1.54) is 23.8 Å². The summed E-state index contributed by atoms with van der Waals surface area (Å²) < 4.78 is 10.6. The molecule has 170 valence electrons. The van der Waals surface area contributed by atoms with E-state index >= 15 is 0 Å². The largest absolute Gasteiger partial charge is 0.490 e. The lowest BCUT2D eigenvalue weighted by molar-refractivity contribution is -0.124. The van der Waals surface area contributed by atoms with Gasteiger partial charge in [0.15, 0.2) is 0 Å². The minimum atomic E-state index is -0.0873. The first kappa shape index (κ1) is 23.0. The van der Waals surface area contributed by atoms with Crippen molar-refractivity contribution >= 4 is 17.2 Å². The monoisotopic (exact) mass is 461 g/mol. The van der Waals surface area contributed by atoms with Crippen molar-refractivity contribution in [3.05, 3.63) is 59.3 Å². The summed E-state index contributed by atoms with van der Waals surface area (Å²) in [6.07, 6.45) is 3.90. The van der Waals surface area contributed by atoms with Crippen LogP contribution in [0.1, 0.15) is 42.9 Å². The summed E-state index contributed by atoms with van der Waals surface area (Å²) >= 11 is 1.62. The molecule has 1 aliphatic carbocycles. The Labute approximate surface area is 198 Å². The van der Waals surface area contributed by atoms with Crippen molar-refractivity contribution in [3.63, 3.8) is 0 Å². The van der Waals surface area contributed by atoms with E-state index in [1.54, 1.807) is 11.3 Å². The van der Waals surface area contributed by atoms with Gasteiger partial charge in [-0.3, -0.25) is 4.79 Å². The molecule has 0 aliphatic heterocycles. The van der Waals surface area contributed by atoms with Crippen LogP contribution in [0.15, 0.2) is 42.6 Å². The van der Waals surface area contributed by atoms with Gasteiger partial charge in [-0.2, -0.15) is 5.26 Å². The van der Waals surface area contributed by atoms with Gasteiger partial charge in [-0.15, -0.1) is 11.3 Å². The van der Waals surface area contributed by atoms with E-state index in [4.69, 9.17) is 9.47 Å². The number of aromatic nitrogens is 1. The molecule has 33 heavy (non-hydrogen) atoms. The molecule has 7 heteroatoms. The molecule has 1 atom stereocenters. The first-order chi connectivity index (χ1) is 16.0. The maximum atomic E-state index is 11.8. The number of carbonyl (C=O) groups excluding carboxylic acids is 1. The van der Waals surface area contributed by atoms with Crippen LogP contribution in [0.25, 0.3) is 21.0 Å². The quantitative estimate of drug-likeness (QED) is 0.514. The first-order valence-corrected chi connectivity index (χ1v) is 11.9. The second kappa shape index (κ2) is 10.2. The van der Waals surface area contributed by atoms with E-state index in [0.29, 0.717) is 23.8 Å². The maximum Gasteiger partial charge on any atom is 0.246 e. The molecule has 0 saturated carbocycles. The van der Waals surface area contributed by atoms with Crippen LogP contribution in [0.4, 0.5) is 0 Å². The highest BCUT2D eigenvalue weighted by Gasteiger charge is 2.26. The SMILES string of the molecule is COCC(=O)NCC1CCc2c(-c3cnc(-c4ccc(OC(C)C)c(C#N)c4)s3)cccc21. The lowest BCUT2D eigenvalue weighted by Gasteiger charge is -2.13. The van der Waals surface area contributed by atoms with Crippen LogP contribution in [0.5, 0.6) is 5.75 Å². The number of methoxy groups -OCH3 is 1. The molecule has 0 saturated heterocycles. The van der Waals surface area contributed by atoms with Crippen LogP contribution in [0.2, 0.25) is 0 Å². The minimum Gasteiger partial charge on any atom is -0.490 e. The summed E-state index contributed by atoms with van der Waals surface area (Å²) in [5.41, 5.74) is 5.24. The lowest BCUT2D eigenvalue weighted by Crippen LogP contribution is -2.30. The van der Waals surface area contributed by atoms with Crippen LogP contribution in [0, 0.1) is 11.3 Å². The van der Waals surface area contributed by atoms with Crippen molar-refractivity contribution in [2.24, 2.45) is 0 Å². The topological polar surface area (TPSA) is 84.2 Å². The normalized spacial score (nSPS) is 14.7. The fourth-order valence-corrected chi connectivity index (χ4v) is 5.21. The summed E-state index contributed by atoms with van der Waals surface area (Å²) in [7, 11) is 1.52. The molecule has 4 rings (SSSR count). The Morgan fingerprint density at radius 3 is 2.94 bits per heavy atom. The summed E-state index contributed by atoms with van der Waals surface area (Å²) in [4.78, 5) is 17.5. The fourth-order valence-electron chi connectivity index (χ4n) is 4.24. The lowest BCUT2D eigenvalue weighted by atomic mass is 9.98. The standard InChI is InChI=1S/C26H27N3O3S/c1-16(2)32-23-10-8-17(11-19(23)12-27)26-29-14-24(33-26)22-6-4-5-20-18(7-9-21(20)22)13-28-25(30)15-31-3/h4-6,8,10-11,14,16,18H,7,9,13,15H2,1-3H3,(H,28,30). The molecule has 3 aromatic rings. The summed E-state index contributed by atoms with van der Waals surface area (Å²) in [5.74, 6) is 0.813. The highest BCUT2D eigenvalue weighted by atomic mass is 32.1. The first-order valence-electron chi connectivity index (χ1n) is 11.0. The van der Waals surface area contributed by atoms with Crippen molar-refractivity contribution in [3.8, 4) is 32.8 Å². The number of rotatable bonds is 8. The van der Waals surface area contributed by atoms with Crippen LogP contribution < -0.4 is 10.1 Å². The van der Waals surface area contributed by atoms with Crippen LogP contribution >= 0.6 is 11.3 Å². The molecule has 2 aromatic carbocycles. The van der Waals surface area contributed by atoms with E-state index < -0.39 is 0 Å². The molecule has 0 bridgehead atoms. The average molecular weight is 462 g/mol. The predicted octanol–water partition coefficient (Wildman–Crippen LogP) is 4.93. The van der Waals surface area contributed by atoms with Crippen LogP contribution in [-0.4, -0.2) is 37.3 Å². The van der Waals surface area contributed by atoms with E-state index in [9.17, 15) is 10.1 Å². The van der Waals surface area contributed by atoms with Gasteiger partial charge in [0.1, 0.15) is 23.4 Å². The van der Waals surface area contributed by atoms with Gasteiger partial charge in [0.05, 0.1) is 16.5 Å². The average Bonchev–Trinajstić information content (AvgIpc) is 3.45. The number of benzene rings is 2. The summed E-state index contributed by atoms with van der Waals surface area (Å²) in [6, 6.07) is 14.3. The fraction of sp³-hybridized carbons (Fsp3) is 0.346. The van der Waals surface area contributed by atoms with E-state index in [-0.39, 0.29) is 18.6 Å². The van der Waals surface area contributed by atoms with Crippen molar-refractivity contribution < 1.29 is 14.3 Å². The Bertz CT molecular complexity index is 1200. The number of thiazole rings is 1. The third kappa shape index (κ3) is 5.08. The zero-order chi connectivity index (χ0) is 23.4. The molecule has 1 aromatic heterocycles. The van der Waals surface area contributed by atoms with Gasteiger partial charge in [-0.05, 0) is 61.6 Å². The molecular formula is C26H27N3O3S. The van der Waals surface area contributed by atoms with Gasteiger partial charge in [0.2, 0.25) is 5.91 Å². The second-order valence-corrected chi connectivity index (χ2v) is 9.40. The van der Waals surface area contributed by atoms with Gasteiger partial charge >= 0.3 is 0 Å². The van der Waals surface area contributed by atoms with Gasteiger partial charge in [-0.25, -0.2) is 4.98 Å². The number of ether oxygens (including phenoxy) is 2. The van der Waals surface area contributed by atoms with Crippen LogP contribution in [0.3, 0.4) is 0 Å². The summed E-state index contributed by atoms with van der Waals surface area (Å²) in [6.45, 7) is 4.59. The molecule has 0 fully saturated rings. The Morgan fingerprint density at radius 1 is 1.33 bits per heavy atom. The zero-order valence-corrected chi connectivity index (χ0v) is 19.9. The van der Waals surface area contributed by atoms with Crippen molar-refractivity contribution in [1.82, 2.24) is 10.3 Å². The van der Waals surface area contributed by atoms with Gasteiger partial charge in [0, 0.05) is 31.3 Å². The Morgan fingerprint density at radius 2 is 2.18 bits per heavy atom. The number of nitrogens with one attached hydrogen (secondary N) is 1. The Balaban J connectivity index is 1.57. The number of hydrogen-bond donors (Lipinski definition) is 1. The van der Waals surface area contributed by atoms with E-state index in [1.807, 2.05) is 38.2 Å². The van der Waals surface area contributed by atoms with Gasteiger partial charge < -0.3 is 14.8 Å². The third-order valence-corrected chi connectivity index (χ3v) is 6.78. The van der Waals surface area contributed by atoms with Gasteiger partial charge in [-0.1, -0.05) is 18.2 Å². The molecule has 0 radical (unpaired) electrons. The van der Waals surface area contributed by atoms with Crippen molar-refractivity contribution in [2.75, 3.05) is 20.3 Å². The number of nitriles is 1. The number of nitrogens with zero attached hydrogens (tertiary/aromatic N) is 2. The molecule has 1 unspecified atom stereocenters. The highest BCUT2D eigenvalue weighted by molar-refractivity contribution is 7.18. The molecule has 6 nitrogen and oxygen atoms in total.